The number of thioether (sulfide) groups is 1. The molecule has 1 heterocycles. The summed E-state index contributed by atoms with van der Waals surface area (Å²) in [6, 6.07) is -1.32. The van der Waals surface area contributed by atoms with Gasteiger partial charge in [0.2, 0.25) is 0 Å². The third-order valence-corrected chi connectivity index (χ3v) is 3.54. The molecule has 0 radical (unpaired) electrons. The largest absolute Gasteiger partial charge is 0.480 e. The first-order valence-corrected chi connectivity index (χ1v) is 7.54. The Balaban J connectivity index is 2.34. The number of hydrogen-bond donors (Lipinski definition) is 3. The molecule has 0 fully saturated rings. The van der Waals surface area contributed by atoms with E-state index in [1.54, 1.807) is 23.5 Å². The monoisotopic (exact) mass is 289 g/mol. The summed E-state index contributed by atoms with van der Waals surface area (Å²) in [5, 5.41) is 14.0. The Labute approximate surface area is 113 Å². The van der Waals surface area contributed by atoms with Crippen molar-refractivity contribution >= 4 is 35.1 Å². The molecule has 0 aliphatic carbocycles. The van der Waals surface area contributed by atoms with Crippen molar-refractivity contribution in [2.45, 2.75) is 19.0 Å². The number of amides is 2. The highest BCUT2D eigenvalue weighted by molar-refractivity contribution is 7.98. The second-order valence-electron chi connectivity index (χ2n) is 3.47. The van der Waals surface area contributed by atoms with Crippen LogP contribution in [0.3, 0.4) is 0 Å². The van der Waals surface area contributed by atoms with Crippen LogP contribution in [0.25, 0.3) is 0 Å². The van der Waals surface area contributed by atoms with Crippen LogP contribution in [0, 0.1) is 0 Å². The lowest BCUT2D eigenvalue weighted by atomic mass is 10.2. The number of carbonyl (C=O) groups excluding carboxylic acids is 1. The lowest BCUT2D eigenvalue weighted by molar-refractivity contribution is -0.139. The molecule has 0 aliphatic rings. The van der Waals surface area contributed by atoms with Crippen LogP contribution < -0.4 is 10.6 Å². The summed E-state index contributed by atoms with van der Waals surface area (Å²) in [6.07, 6.45) is 3.96. The smallest absolute Gasteiger partial charge is 0.326 e. The van der Waals surface area contributed by atoms with E-state index < -0.39 is 18.0 Å². The predicted molar refractivity (Wildman–Crippen MR) is 71.9 cm³/mol. The van der Waals surface area contributed by atoms with Gasteiger partial charge in [-0.3, -0.25) is 4.98 Å². The molecule has 1 rings (SSSR count). The molecule has 3 N–H and O–H groups in total. The molecule has 0 saturated heterocycles. The van der Waals surface area contributed by atoms with Crippen molar-refractivity contribution in [2.75, 3.05) is 12.0 Å². The van der Waals surface area contributed by atoms with Gasteiger partial charge in [0.1, 0.15) is 6.04 Å². The topological polar surface area (TPSA) is 91.3 Å². The van der Waals surface area contributed by atoms with Gasteiger partial charge in [0, 0.05) is 11.1 Å². The van der Waals surface area contributed by atoms with Gasteiger partial charge in [-0.2, -0.15) is 11.8 Å². The van der Waals surface area contributed by atoms with Crippen molar-refractivity contribution in [1.82, 2.24) is 15.6 Å². The Morgan fingerprint density at radius 3 is 2.94 bits per heavy atom. The zero-order valence-electron chi connectivity index (χ0n) is 9.88. The van der Waals surface area contributed by atoms with Gasteiger partial charge in [0.15, 0.2) is 0 Å². The summed E-state index contributed by atoms with van der Waals surface area (Å²) in [7, 11) is 0. The van der Waals surface area contributed by atoms with Crippen molar-refractivity contribution in [2.24, 2.45) is 0 Å². The van der Waals surface area contributed by atoms with Crippen LogP contribution in [0.5, 0.6) is 0 Å². The van der Waals surface area contributed by atoms with Crippen LogP contribution in [-0.2, 0) is 11.3 Å². The number of aromatic nitrogens is 1. The van der Waals surface area contributed by atoms with Crippen LogP contribution in [0.1, 0.15) is 11.3 Å². The van der Waals surface area contributed by atoms with Crippen LogP contribution in [0.4, 0.5) is 4.79 Å². The molecule has 100 valence electrons. The van der Waals surface area contributed by atoms with E-state index in [1.165, 1.54) is 11.3 Å². The molecule has 0 unspecified atom stereocenters. The van der Waals surface area contributed by atoms with Gasteiger partial charge >= 0.3 is 12.0 Å². The van der Waals surface area contributed by atoms with E-state index in [0.29, 0.717) is 18.7 Å². The maximum absolute atomic E-state index is 11.5. The number of hydrogen-bond acceptors (Lipinski definition) is 5. The first-order valence-electron chi connectivity index (χ1n) is 5.27. The molecule has 0 aromatic carbocycles. The molecule has 1 aromatic heterocycles. The number of urea groups is 1. The molecule has 1 aromatic rings. The summed E-state index contributed by atoms with van der Waals surface area (Å²) in [4.78, 5) is 27.2. The van der Waals surface area contributed by atoms with Crippen LogP contribution in [-0.4, -0.2) is 40.1 Å². The number of carboxylic acid groups (broad SMARTS) is 1. The third kappa shape index (κ3) is 5.37. The van der Waals surface area contributed by atoms with Gasteiger partial charge in [-0.1, -0.05) is 0 Å². The minimum atomic E-state index is -1.02. The SMILES string of the molecule is CSCC[C@@H](NC(=O)NCc1cncs1)C(=O)O. The molecular formula is C10H15N3O3S2. The third-order valence-electron chi connectivity index (χ3n) is 2.12. The summed E-state index contributed by atoms with van der Waals surface area (Å²) in [5.74, 6) is -0.330. The standard InChI is InChI=1S/C10H15N3O3S2/c1-17-3-2-8(9(14)15)13-10(16)12-5-7-4-11-6-18-7/h4,6,8H,2-3,5H2,1H3,(H,14,15)(H2,12,13,16)/t8-/m1/s1. The van der Waals surface area contributed by atoms with Crippen LogP contribution in [0.15, 0.2) is 11.7 Å². The molecule has 8 heteroatoms. The van der Waals surface area contributed by atoms with E-state index in [2.05, 4.69) is 15.6 Å². The van der Waals surface area contributed by atoms with Crippen molar-refractivity contribution in [3.8, 4) is 0 Å². The van der Waals surface area contributed by atoms with E-state index in [1.807, 2.05) is 6.26 Å². The van der Waals surface area contributed by atoms with E-state index in [4.69, 9.17) is 5.11 Å². The molecule has 1 atom stereocenters. The minimum absolute atomic E-state index is 0.353. The molecule has 0 aliphatic heterocycles. The second kappa shape index (κ2) is 7.93. The van der Waals surface area contributed by atoms with Crippen LogP contribution in [0.2, 0.25) is 0 Å². The zero-order valence-corrected chi connectivity index (χ0v) is 11.5. The van der Waals surface area contributed by atoms with Gasteiger partial charge in [0.25, 0.3) is 0 Å². The van der Waals surface area contributed by atoms with Gasteiger partial charge in [0.05, 0.1) is 12.1 Å². The Bertz CT molecular complexity index is 384. The number of thiazole rings is 1. The summed E-state index contributed by atoms with van der Waals surface area (Å²) in [5.41, 5.74) is 1.67. The molecule has 2 amide bonds. The number of nitrogens with one attached hydrogen (secondary N) is 2. The highest BCUT2D eigenvalue weighted by Gasteiger charge is 2.18. The van der Waals surface area contributed by atoms with Gasteiger partial charge in [-0.25, -0.2) is 9.59 Å². The van der Waals surface area contributed by atoms with E-state index in [-0.39, 0.29) is 0 Å². The number of nitrogens with zero attached hydrogens (tertiary/aromatic N) is 1. The maximum Gasteiger partial charge on any atom is 0.326 e. The second-order valence-corrected chi connectivity index (χ2v) is 5.42. The van der Waals surface area contributed by atoms with E-state index >= 15 is 0 Å². The molecule has 6 nitrogen and oxygen atoms in total. The Morgan fingerprint density at radius 1 is 1.61 bits per heavy atom. The lowest BCUT2D eigenvalue weighted by Gasteiger charge is -2.14. The van der Waals surface area contributed by atoms with Crippen molar-refractivity contribution < 1.29 is 14.7 Å². The number of rotatable bonds is 7. The Hall–Kier alpha value is -1.28. The molecule has 18 heavy (non-hydrogen) atoms. The normalized spacial score (nSPS) is 11.8. The average Bonchev–Trinajstić information content (AvgIpc) is 2.84. The average molecular weight is 289 g/mol. The fourth-order valence-corrected chi connectivity index (χ4v) is 2.20. The van der Waals surface area contributed by atoms with Crippen LogP contribution >= 0.6 is 23.1 Å². The van der Waals surface area contributed by atoms with Crippen molar-refractivity contribution in [1.29, 1.82) is 0 Å². The highest BCUT2D eigenvalue weighted by Crippen LogP contribution is 2.04. The number of carboxylic acids is 1. The lowest BCUT2D eigenvalue weighted by Crippen LogP contribution is -2.46. The molecular weight excluding hydrogens is 274 g/mol. The molecule has 0 saturated carbocycles. The maximum atomic E-state index is 11.5. The number of carbonyl (C=O) groups is 2. The van der Waals surface area contributed by atoms with Gasteiger partial charge in [-0.05, 0) is 18.4 Å². The van der Waals surface area contributed by atoms with Crippen molar-refractivity contribution in [3.63, 3.8) is 0 Å². The van der Waals surface area contributed by atoms with Crippen molar-refractivity contribution in [3.05, 3.63) is 16.6 Å². The fraction of sp³-hybridized carbons (Fsp3) is 0.500. The molecule has 0 spiro atoms. The predicted octanol–water partition coefficient (Wildman–Crippen LogP) is 1.15. The highest BCUT2D eigenvalue weighted by atomic mass is 32.2. The first kappa shape index (κ1) is 14.8. The summed E-state index contributed by atoms with van der Waals surface area (Å²) >= 11 is 2.97. The quantitative estimate of drug-likeness (QED) is 0.700. The minimum Gasteiger partial charge on any atom is -0.480 e. The van der Waals surface area contributed by atoms with Gasteiger partial charge in [-0.15, -0.1) is 11.3 Å². The fourth-order valence-electron chi connectivity index (χ4n) is 1.20. The van der Waals surface area contributed by atoms with E-state index in [0.717, 1.165) is 4.88 Å². The first-order chi connectivity index (χ1) is 8.63. The Kier molecular flexibility index (Phi) is 6.51. The number of aliphatic carboxylic acids is 1. The zero-order chi connectivity index (χ0) is 13.4. The summed E-state index contributed by atoms with van der Waals surface area (Å²) < 4.78 is 0. The van der Waals surface area contributed by atoms with Gasteiger partial charge < -0.3 is 15.7 Å². The Morgan fingerprint density at radius 2 is 2.39 bits per heavy atom. The molecule has 0 bridgehead atoms. The van der Waals surface area contributed by atoms with E-state index in [9.17, 15) is 9.59 Å². The summed E-state index contributed by atoms with van der Waals surface area (Å²) in [6.45, 7) is 0.353.